The number of hydrogen-bond acceptors (Lipinski definition) is 3. The molecule has 0 heterocycles. The summed E-state index contributed by atoms with van der Waals surface area (Å²) in [5.41, 5.74) is 1.62. The van der Waals surface area contributed by atoms with Crippen LogP contribution >= 0.6 is 11.6 Å². The fourth-order valence-electron chi connectivity index (χ4n) is 2.82. The van der Waals surface area contributed by atoms with E-state index < -0.39 is 12.1 Å². The van der Waals surface area contributed by atoms with Crippen molar-refractivity contribution in [2.45, 2.75) is 58.5 Å². The monoisotopic (exact) mass is 312 g/mol. The molecule has 1 aliphatic carbocycles. The Morgan fingerprint density at radius 3 is 2.62 bits per heavy atom. The molecule has 1 unspecified atom stereocenters. The average Bonchev–Trinajstić information content (AvgIpc) is 2.47. The van der Waals surface area contributed by atoms with Gasteiger partial charge in [0.25, 0.3) is 0 Å². The predicted molar refractivity (Wildman–Crippen MR) is 85.6 cm³/mol. The van der Waals surface area contributed by atoms with Crippen LogP contribution in [0, 0.1) is 0 Å². The predicted octanol–water partition coefficient (Wildman–Crippen LogP) is 4.62. The quantitative estimate of drug-likeness (QED) is 0.825. The van der Waals surface area contributed by atoms with E-state index in [0.717, 1.165) is 5.56 Å². The van der Waals surface area contributed by atoms with Gasteiger partial charge in [-0.2, -0.15) is 0 Å². The lowest BCUT2D eigenvalue weighted by Crippen LogP contribution is -2.15. The third-order valence-corrected chi connectivity index (χ3v) is 4.22. The minimum Gasteiger partial charge on any atom is -0.464 e. The summed E-state index contributed by atoms with van der Waals surface area (Å²) in [6.45, 7) is 1.97. The van der Waals surface area contributed by atoms with Gasteiger partial charge in [0.2, 0.25) is 0 Å². The SMILES string of the molecule is C.CCOC(=O)C(O)c1ccc(C2CCCCC2)c(Cl)c1. The number of benzene rings is 1. The summed E-state index contributed by atoms with van der Waals surface area (Å²) in [7, 11) is 0. The number of ether oxygens (including phenoxy) is 1. The lowest BCUT2D eigenvalue weighted by molar-refractivity contribution is -0.153. The molecule has 1 aromatic carbocycles. The molecule has 21 heavy (non-hydrogen) atoms. The summed E-state index contributed by atoms with van der Waals surface area (Å²) in [5, 5.41) is 10.5. The normalized spacial score (nSPS) is 16.9. The van der Waals surface area contributed by atoms with Gasteiger partial charge in [0, 0.05) is 5.02 Å². The van der Waals surface area contributed by atoms with E-state index in [1.165, 1.54) is 32.1 Å². The molecule has 4 heteroatoms. The molecule has 0 radical (unpaired) electrons. The second-order valence-corrected chi connectivity index (χ2v) is 5.68. The fraction of sp³-hybridized carbons (Fsp3) is 0.588. The van der Waals surface area contributed by atoms with E-state index >= 15 is 0 Å². The Kier molecular flexibility index (Phi) is 7.20. The summed E-state index contributed by atoms with van der Waals surface area (Å²) >= 11 is 6.33. The fourth-order valence-corrected chi connectivity index (χ4v) is 3.16. The van der Waals surface area contributed by atoms with Gasteiger partial charge < -0.3 is 9.84 Å². The highest BCUT2D eigenvalue weighted by Gasteiger charge is 2.22. The Labute approximate surface area is 132 Å². The van der Waals surface area contributed by atoms with Crippen LogP contribution in [0.5, 0.6) is 0 Å². The van der Waals surface area contributed by atoms with E-state index in [1.807, 2.05) is 6.07 Å². The van der Waals surface area contributed by atoms with Crippen LogP contribution < -0.4 is 0 Å². The zero-order valence-electron chi connectivity index (χ0n) is 11.8. The lowest BCUT2D eigenvalue weighted by atomic mass is 9.83. The molecule has 1 fully saturated rings. The molecule has 1 saturated carbocycles. The zero-order chi connectivity index (χ0) is 14.5. The van der Waals surface area contributed by atoms with Crippen LogP contribution in [-0.2, 0) is 9.53 Å². The van der Waals surface area contributed by atoms with E-state index in [0.29, 0.717) is 16.5 Å². The Morgan fingerprint density at radius 2 is 2.05 bits per heavy atom. The average molecular weight is 313 g/mol. The van der Waals surface area contributed by atoms with Crippen LogP contribution in [0.4, 0.5) is 0 Å². The van der Waals surface area contributed by atoms with Crippen molar-refractivity contribution in [3.8, 4) is 0 Å². The molecule has 0 amide bonds. The number of rotatable bonds is 4. The molecule has 0 saturated heterocycles. The first-order valence-electron chi connectivity index (χ1n) is 7.27. The summed E-state index contributed by atoms with van der Waals surface area (Å²) in [4.78, 5) is 11.5. The summed E-state index contributed by atoms with van der Waals surface area (Å²) in [6, 6.07) is 5.40. The Morgan fingerprint density at radius 1 is 1.38 bits per heavy atom. The summed E-state index contributed by atoms with van der Waals surface area (Å²) < 4.78 is 4.81. The number of carbonyl (C=O) groups is 1. The molecule has 0 spiro atoms. The van der Waals surface area contributed by atoms with Crippen molar-refractivity contribution in [3.63, 3.8) is 0 Å². The van der Waals surface area contributed by atoms with Crippen molar-refractivity contribution in [3.05, 3.63) is 34.3 Å². The number of carbonyl (C=O) groups excluding carboxylic acids is 1. The smallest absolute Gasteiger partial charge is 0.339 e. The van der Waals surface area contributed by atoms with Crippen molar-refractivity contribution < 1.29 is 14.6 Å². The molecule has 0 bridgehead atoms. The second-order valence-electron chi connectivity index (χ2n) is 5.27. The summed E-state index contributed by atoms with van der Waals surface area (Å²) in [6.07, 6.45) is 4.86. The van der Waals surface area contributed by atoms with E-state index in [-0.39, 0.29) is 14.0 Å². The van der Waals surface area contributed by atoms with Gasteiger partial charge in [-0.3, -0.25) is 0 Å². The van der Waals surface area contributed by atoms with E-state index in [2.05, 4.69) is 0 Å². The molecule has 1 N–H and O–H groups in total. The van der Waals surface area contributed by atoms with E-state index in [1.54, 1.807) is 19.1 Å². The van der Waals surface area contributed by atoms with Crippen LogP contribution in [0.15, 0.2) is 18.2 Å². The first-order valence-corrected chi connectivity index (χ1v) is 7.65. The van der Waals surface area contributed by atoms with Crippen LogP contribution in [0.25, 0.3) is 0 Å². The maximum Gasteiger partial charge on any atom is 0.339 e. The first kappa shape index (κ1) is 18.0. The van der Waals surface area contributed by atoms with Crippen molar-refractivity contribution in [1.82, 2.24) is 0 Å². The number of halogens is 1. The largest absolute Gasteiger partial charge is 0.464 e. The van der Waals surface area contributed by atoms with E-state index in [9.17, 15) is 9.90 Å². The van der Waals surface area contributed by atoms with Crippen LogP contribution in [0.1, 0.15) is 69.6 Å². The highest BCUT2D eigenvalue weighted by Crippen LogP contribution is 2.37. The third-order valence-electron chi connectivity index (χ3n) is 3.90. The Hall–Kier alpha value is -1.06. The van der Waals surface area contributed by atoms with Gasteiger partial charge in [0.05, 0.1) is 6.61 Å². The molecule has 1 atom stereocenters. The molecule has 0 aromatic heterocycles. The number of aliphatic hydroxyl groups is 1. The number of hydrogen-bond donors (Lipinski definition) is 1. The van der Waals surface area contributed by atoms with Gasteiger partial charge in [0.15, 0.2) is 6.10 Å². The van der Waals surface area contributed by atoms with Gasteiger partial charge in [-0.15, -0.1) is 0 Å². The van der Waals surface area contributed by atoms with Gasteiger partial charge in [-0.05, 0) is 42.9 Å². The minimum atomic E-state index is -1.26. The highest BCUT2D eigenvalue weighted by molar-refractivity contribution is 6.31. The number of aliphatic hydroxyl groups excluding tert-OH is 1. The van der Waals surface area contributed by atoms with Crippen molar-refractivity contribution in [1.29, 1.82) is 0 Å². The molecular formula is C17H25ClO3. The Bertz CT molecular complexity index is 467. The van der Waals surface area contributed by atoms with Crippen LogP contribution in [-0.4, -0.2) is 17.7 Å². The molecule has 1 aromatic rings. The first-order chi connectivity index (χ1) is 9.63. The second kappa shape index (κ2) is 8.40. The third kappa shape index (κ3) is 4.45. The highest BCUT2D eigenvalue weighted by atomic mass is 35.5. The Balaban J connectivity index is 0.00000220. The molecule has 118 valence electrons. The minimum absolute atomic E-state index is 0. The van der Waals surface area contributed by atoms with Gasteiger partial charge >= 0.3 is 5.97 Å². The molecule has 2 rings (SSSR count). The molecule has 1 aliphatic rings. The van der Waals surface area contributed by atoms with Crippen LogP contribution in [0.2, 0.25) is 5.02 Å². The molecule has 3 nitrogen and oxygen atoms in total. The van der Waals surface area contributed by atoms with Crippen LogP contribution in [0.3, 0.4) is 0 Å². The lowest BCUT2D eigenvalue weighted by Gasteiger charge is -2.23. The summed E-state index contributed by atoms with van der Waals surface area (Å²) in [5.74, 6) is -0.126. The topological polar surface area (TPSA) is 46.5 Å². The van der Waals surface area contributed by atoms with Crippen molar-refractivity contribution in [2.75, 3.05) is 6.61 Å². The number of esters is 1. The zero-order valence-corrected chi connectivity index (χ0v) is 12.5. The van der Waals surface area contributed by atoms with Crippen molar-refractivity contribution in [2.24, 2.45) is 0 Å². The van der Waals surface area contributed by atoms with Gasteiger partial charge in [-0.25, -0.2) is 4.79 Å². The molecule has 0 aliphatic heterocycles. The standard InChI is InChI=1S/C16H21ClO3.CH4/c1-2-20-16(19)15(18)12-8-9-13(14(17)10-12)11-6-4-3-5-7-11;/h8-11,15,18H,2-7H2,1H3;1H4. The van der Waals surface area contributed by atoms with Crippen molar-refractivity contribution >= 4 is 17.6 Å². The maximum atomic E-state index is 11.5. The maximum absolute atomic E-state index is 11.5. The van der Waals surface area contributed by atoms with E-state index in [4.69, 9.17) is 16.3 Å². The molecular weight excluding hydrogens is 288 g/mol. The van der Waals surface area contributed by atoms with Gasteiger partial charge in [-0.1, -0.05) is 50.4 Å². The van der Waals surface area contributed by atoms with Gasteiger partial charge in [0.1, 0.15) is 0 Å².